The van der Waals surface area contributed by atoms with E-state index in [0.29, 0.717) is 13.0 Å². The van der Waals surface area contributed by atoms with Crippen LogP contribution in [0.1, 0.15) is 50.9 Å². The average molecular weight is 293 g/mol. The predicted molar refractivity (Wildman–Crippen MR) is 80.8 cm³/mol. The second-order valence-electron chi connectivity index (χ2n) is 6.39. The molecule has 0 amide bonds. The molecule has 1 saturated heterocycles. The number of nitrogens with zero attached hydrogens (tertiary/aromatic N) is 3. The van der Waals surface area contributed by atoms with E-state index in [9.17, 15) is 0 Å². The summed E-state index contributed by atoms with van der Waals surface area (Å²) < 4.78 is 5.87. The summed E-state index contributed by atoms with van der Waals surface area (Å²) in [6.07, 6.45) is 0.615. The fourth-order valence-corrected chi connectivity index (χ4v) is 3.34. The van der Waals surface area contributed by atoms with Gasteiger partial charge in [0.2, 0.25) is 0 Å². The number of hydrogen-bond acceptors (Lipinski definition) is 5. The molecule has 4 nitrogen and oxygen atoms in total. The number of nitriles is 1. The molecule has 1 aliphatic heterocycles. The van der Waals surface area contributed by atoms with Crippen LogP contribution in [0.15, 0.2) is 5.38 Å². The van der Waals surface area contributed by atoms with Crippen molar-refractivity contribution in [2.75, 3.05) is 19.7 Å². The van der Waals surface area contributed by atoms with Crippen LogP contribution in [0.25, 0.3) is 0 Å². The molecule has 0 unspecified atom stereocenters. The monoisotopic (exact) mass is 293 g/mol. The lowest BCUT2D eigenvalue weighted by Gasteiger charge is -2.35. The minimum atomic E-state index is 0.0472. The predicted octanol–water partition coefficient (Wildman–Crippen LogP) is 3.12. The highest BCUT2D eigenvalue weighted by atomic mass is 32.1. The van der Waals surface area contributed by atoms with Crippen LogP contribution in [0.5, 0.6) is 0 Å². The Hall–Kier alpha value is -0.960. The summed E-state index contributed by atoms with van der Waals surface area (Å²) in [6, 6.07) is 2.53. The van der Waals surface area contributed by atoms with Gasteiger partial charge in [-0.1, -0.05) is 20.8 Å². The summed E-state index contributed by atoms with van der Waals surface area (Å²) in [7, 11) is 0. The Kier molecular flexibility index (Phi) is 4.79. The normalized spacial score (nSPS) is 22.4. The van der Waals surface area contributed by atoms with Gasteiger partial charge in [0.15, 0.2) is 0 Å². The Morgan fingerprint density at radius 1 is 1.60 bits per heavy atom. The summed E-state index contributed by atoms with van der Waals surface area (Å²) >= 11 is 1.68. The molecule has 1 aromatic heterocycles. The van der Waals surface area contributed by atoms with Gasteiger partial charge in [0.25, 0.3) is 0 Å². The first-order valence-corrected chi connectivity index (χ1v) is 7.98. The van der Waals surface area contributed by atoms with Crippen LogP contribution in [-0.4, -0.2) is 35.6 Å². The number of aromatic nitrogens is 1. The second-order valence-corrected chi connectivity index (χ2v) is 7.28. The third-order valence-electron chi connectivity index (χ3n) is 3.67. The molecule has 0 aliphatic carbocycles. The van der Waals surface area contributed by atoms with Gasteiger partial charge < -0.3 is 4.74 Å². The lowest BCUT2D eigenvalue weighted by Crippen LogP contribution is -2.43. The molecule has 0 N–H and O–H groups in total. The molecule has 20 heavy (non-hydrogen) atoms. The summed E-state index contributed by atoms with van der Waals surface area (Å²) in [5, 5.41) is 12.0. The molecule has 5 heteroatoms. The molecule has 0 bridgehead atoms. The molecule has 1 aliphatic rings. The van der Waals surface area contributed by atoms with Crippen molar-refractivity contribution in [3.63, 3.8) is 0 Å². The highest BCUT2D eigenvalue weighted by Crippen LogP contribution is 2.30. The minimum absolute atomic E-state index is 0.0472. The molecule has 1 fully saturated rings. The van der Waals surface area contributed by atoms with Gasteiger partial charge in [0, 0.05) is 29.9 Å². The van der Waals surface area contributed by atoms with E-state index in [1.54, 1.807) is 11.3 Å². The smallest absolute Gasteiger partial charge is 0.123 e. The molecule has 2 heterocycles. The number of rotatable bonds is 3. The number of morpholine rings is 1. The Morgan fingerprint density at radius 3 is 2.95 bits per heavy atom. The Morgan fingerprint density at radius 2 is 2.35 bits per heavy atom. The topological polar surface area (TPSA) is 49.2 Å². The highest BCUT2D eigenvalue weighted by molar-refractivity contribution is 7.09. The molecule has 0 saturated carbocycles. The summed E-state index contributed by atoms with van der Waals surface area (Å²) in [5.74, 6) is 0. The van der Waals surface area contributed by atoms with Gasteiger partial charge in [-0.3, -0.25) is 4.90 Å². The first-order chi connectivity index (χ1) is 9.41. The lowest BCUT2D eigenvalue weighted by atomic mass is 9.93. The zero-order chi connectivity index (χ0) is 14.8. The van der Waals surface area contributed by atoms with Crippen LogP contribution in [0.2, 0.25) is 0 Å². The van der Waals surface area contributed by atoms with Crippen molar-refractivity contribution in [2.45, 2.75) is 51.7 Å². The molecule has 0 spiro atoms. The first kappa shape index (κ1) is 15.4. The highest BCUT2D eigenvalue weighted by Gasteiger charge is 2.28. The second kappa shape index (κ2) is 6.21. The standard InChI is InChI=1S/C15H23N3OS/c1-11(5-6-16)18-7-8-19-12(9-18)14-17-13(10-20-14)15(2,3)4/h10-12H,5,7-9H2,1-4H3/t11-,12-/m1/s1. The van der Waals surface area contributed by atoms with Crippen LogP contribution in [0, 0.1) is 11.3 Å². The summed E-state index contributed by atoms with van der Waals surface area (Å²) in [4.78, 5) is 7.08. The van der Waals surface area contributed by atoms with E-state index in [1.165, 1.54) is 0 Å². The van der Waals surface area contributed by atoms with Crippen molar-refractivity contribution >= 4 is 11.3 Å². The number of hydrogen-bond donors (Lipinski definition) is 0. The van der Waals surface area contributed by atoms with Crippen LogP contribution >= 0.6 is 11.3 Å². The molecular formula is C15H23N3OS. The molecule has 2 atom stereocenters. The molecule has 1 aromatic rings. The third kappa shape index (κ3) is 3.57. The van der Waals surface area contributed by atoms with Crippen molar-refractivity contribution in [1.82, 2.24) is 9.88 Å². The van der Waals surface area contributed by atoms with Crippen LogP contribution in [0.3, 0.4) is 0 Å². The van der Waals surface area contributed by atoms with Crippen LogP contribution in [-0.2, 0) is 10.2 Å². The summed E-state index contributed by atoms with van der Waals surface area (Å²) in [5.41, 5.74) is 1.21. The largest absolute Gasteiger partial charge is 0.368 e. The number of thiazole rings is 1. The zero-order valence-corrected chi connectivity index (χ0v) is 13.5. The molecule has 2 rings (SSSR count). The average Bonchev–Trinajstić information content (AvgIpc) is 2.89. The minimum Gasteiger partial charge on any atom is -0.368 e. The van der Waals surface area contributed by atoms with Crippen LogP contribution < -0.4 is 0 Å². The van der Waals surface area contributed by atoms with Gasteiger partial charge in [-0.25, -0.2) is 4.98 Å². The van der Waals surface area contributed by atoms with Crippen molar-refractivity contribution in [2.24, 2.45) is 0 Å². The first-order valence-electron chi connectivity index (χ1n) is 7.10. The van der Waals surface area contributed by atoms with E-state index in [0.717, 1.165) is 23.8 Å². The SMILES string of the molecule is C[C@H](CC#N)N1CCO[C@@H](c2nc(C(C)(C)C)cs2)C1. The van der Waals surface area contributed by atoms with Gasteiger partial charge >= 0.3 is 0 Å². The van der Waals surface area contributed by atoms with Gasteiger partial charge in [0.1, 0.15) is 11.1 Å². The van der Waals surface area contributed by atoms with Gasteiger partial charge in [-0.2, -0.15) is 5.26 Å². The molecular weight excluding hydrogens is 270 g/mol. The van der Waals surface area contributed by atoms with E-state index in [2.05, 4.69) is 44.0 Å². The Labute approximate surface area is 125 Å². The Balaban J connectivity index is 2.06. The van der Waals surface area contributed by atoms with E-state index in [4.69, 9.17) is 15.0 Å². The third-order valence-corrected chi connectivity index (χ3v) is 4.61. The van der Waals surface area contributed by atoms with E-state index < -0.39 is 0 Å². The molecule has 0 radical (unpaired) electrons. The van der Waals surface area contributed by atoms with Crippen molar-refractivity contribution < 1.29 is 4.74 Å². The van der Waals surface area contributed by atoms with Gasteiger partial charge in [-0.15, -0.1) is 11.3 Å². The van der Waals surface area contributed by atoms with E-state index in [1.807, 2.05) is 0 Å². The van der Waals surface area contributed by atoms with Crippen molar-refractivity contribution in [1.29, 1.82) is 5.26 Å². The maximum atomic E-state index is 8.82. The maximum Gasteiger partial charge on any atom is 0.123 e. The fraction of sp³-hybridized carbons (Fsp3) is 0.733. The lowest BCUT2D eigenvalue weighted by molar-refractivity contribution is -0.0421. The fourth-order valence-electron chi connectivity index (χ4n) is 2.26. The van der Waals surface area contributed by atoms with E-state index in [-0.39, 0.29) is 17.6 Å². The van der Waals surface area contributed by atoms with Crippen LogP contribution in [0.4, 0.5) is 0 Å². The Bertz CT molecular complexity index is 486. The molecule has 0 aromatic carbocycles. The molecule has 110 valence electrons. The summed E-state index contributed by atoms with van der Waals surface area (Å²) in [6.45, 7) is 11.1. The van der Waals surface area contributed by atoms with E-state index >= 15 is 0 Å². The van der Waals surface area contributed by atoms with Gasteiger partial charge in [0.05, 0.1) is 24.8 Å². The van der Waals surface area contributed by atoms with Gasteiger partial charge in [-0.05, 0) is 6.92 Å². The van der Waals surface area contributed by atoms with Crippen molar-refractivity contribution in [3.8, 4) is 6.07 Å². The van der Waals surface area contributed by atoms with Crippen molar-refractivity contribution in [3.05, 3.63) is 16.1 Å². The quantitative estimate of drug-likeness (QED) is 0.859. The number of ether oxygens (including phenoxy) is 1. The maximum absolute atomic E-state index is 8.82. The zero-order valence-electron chi connectivity index (χ0n) is 12.7.